The third-order valence-electron chi connectivity index (χ3n) is 6.74. The molecule has 0 fully saturated rings. The molecule has 0 aliphatic rings. The molecule has 0 heterocycles. The van der Waals surface area contributed by atoms with Crippen molar-refractivity contribution in [2.24, 2.45) is 0 Å². The smallest absolute Gasteiger partial charge is 0.170 e. The van der Waals surface area contributed by atoms with Gasteiger partial charge in [-0.25, -0.2) is 0 Å². The van der Waals surface area contributed by atoms with Gasteiger partial charge in [0, 0.05) is 22.9 Å². The number of hydrogen-bond donors (Lipinski definition) is 2. The second-order valence-electron chi connectivity index (χ2n) is 9.84. The lowest BCUT2D eigenvalue weighted by atomic mass is 9.85. The number of ketones is 1. The Kier molecular flexibility index (Phi) is 12.1. The van der Waals surface area contributed by atoms with Gasteiger partial charge in [-0.05, 0) is 61.2 Å². The number of nitrogen functional groups attached to an aromatic ring is 2. The fraction of sp³-hybridized carbons (Fsp3) is 0.567. The molecular weight excluding hydrogens is 404 g/mol. The highest BCUT2D eigenvalue weighted by atomic mass is 16.1. The number of carbonyl (C=O) groups excluding carboxylic acids is 1. The molecule has 2 aromatic rings. The largest absolute Gasteiger partial charge is 0.399 e. The first-order valence-electron chi connectivity index (χ1n) is 13.2. The molecule has 0 aliphatic carbocycles. The summed E-state index contributed by atoms with van der Waals surface area (Å²) in [7, 11) is 0. The predicted molar refractivity (Wildman–Crippen MR) is 144 cm³/mol. The maximum Gasteiger partial charge on any atom is 0.170 e. The molecule has 3 nitrogen and oxygen atoms in total. The van der Waals surface area contributed by atoms with Crippen LogP contribution in [0, 0.1) is 13.8 Å². The molecule has 4 N–H and O–H groups in total. The summed E-state index contributed by atoms with van der Waals surface area (Å²) in [5.41, 5.74) is 17.3. The van der Waals surface area contributed by atoms with Crippen molar-refractivity contribution < 1.29 is 4.79 Å². The van der Waals surface area contributed by atoms with Crippen molar-refractivity contribution in [1.82, 2.24) is 0 Å². The molecule has 2 rings (SSSR count). The van der Waals surface area contributed by atoms with Gasteiger partial charge in [0.15, 0.2) is 5.78 Å². The van der Waals surface area contributed by atoms with Gasteiger partial charge in [-0.2, -0.15) is 0 Å². The maximum atomic E-state index is 13.5. The average molecular weight is 451 g/mol. The van der Waals surface area contributed by atoms with Crippen molar-refractivity contribution in [1.29, 1.82) is 0 Å². The molecule has 2 aromatic carbocycles. The molecule has 3 heteroatoms. The Labute approximate surface area is 202 Å². The topological polar surface area (TPSA) is 69.1 Å². The fourth-order valence-corrected chi connectivity index (χ4v) is 4.71. The van der Waals surface area contributed by atoms with E-state index in [4.69, 9.17) is 11.5 Å². The van der Waals surface area contributed by atoms with Crippen molar-refractivity contribution in [2.75, 3.05) is 11.5 Å². The number of carbonyl (C=O) groups is 1. The minimum absolute atomic E-state index is 0.145. The number of nitrogens with two attached hydrogens (primary N) is 2. The van der Waals surface area contributed by atoms with Crippen molar-refractivity contribution in [2.45, 2.75) is 110 Å². The quantitative estimate of drug-likeness (QED) is 0.153. The zero-order valence-electron chi connectivity index (χ0n) is 21.3. The number of unbranched alkanes of at least 4 members (excludes halogenated alkanes) is 11. The number of benzene rings is 2. The normalized spacial score (nSPS) is 12.1. The SMILES string of the molecule is CCCCCCCCCCCCCCC(C(=O)c1cc(C)cc(N)c1)c1ccc(N)c(C)c1. The van der Waals surface area contributed by atoms with Crippen molar-refractivity contribution >= 4 is 17.2 Å². The lowest BCUT2D eigenvalue weighted by molar-refractivity contribution is 0.0953. The monoisotopic (exact) mass is 450 g/mol. The van der Waals surface area contributed by atoms with Gasteiger partial charge >= 0.3 is 0 Å². The molecule has 0 aliphatic heterocycles. The number of Topliss-reactive ketones (excluding diaryl/α,β-unsaturated/α-hetero) is 1. The molecule has 1 atom stereocenters. The van der Waals surface area contributed by atoms with E-state index in [0.717, 1.165) is 35.2 Å². The number of rotatable bonds is 16. The summed E-state index contributed by atoms with van der Waals surface area (Å²) >= 11 is 0. The van der Waals surface area contributed by atoms with E-state index < -0.39 is 0 Å². The Balaban J connectivity index is 1.85. The van der Waals surface area contributed by atoms with Crippen molar-refractivity contribution in [3.63, 3.8) is 0 Å². The van der Waals surface area contributed by atoms with Gasteiger partial charge in [0.25, 0.3) is 0 Å². The van der Waals surface area contributed by atoms with Gasteiger partial charge in [0.1, 0.15) is 0 Å². The Morgan fingerprint density at radius 3 is 1.88 bits per heavy atom. The third-order valence-corrected chi connectivity index (χ3v) is 6.74. The van der Waals surface area contributed by atoms with Crippen LogP contribution < -0.4 is 11.5 Å². The lowest BCUT2D eigenvalue weighted by Gasteiger charge is -2.18. The van der Waals surface area contributed by atoms with Crippen LogP contribution in [0.1, 0.15) is 123 Å². The van der Waals surface area contributed by atoms with Crippen LogP contribution in [0.5, 0.6) is 0 Å². The van der Waals surface area contributed by atoms with Gasteiger partial charge in [0.05, 0.1) is 0 Å². The third kappa shape index (κ3) is 9.61. The van der Waals surface area contributed by atoms with Crippen LogP contribution in [-0.4, -0.2) is 5.78 Å². The van der Waals surface area contributed by atoms with Crippen LogP contribution in [0.25, 0.3) is 0 Å². The fourth-order valence-electron chi connectivity index (χ4n) is 4.71. The van der Waals surface area contributed by atoms with Crippen LogP contribution in [0.4, 0.5) is 11.4 Å². The summed E-state index contributed by atoms with van der Waals surface area (Å²) < 4.78 is 0. The molecular formula is C30H46N2O. The summed E-state index contributed by atoms with van der Waals surface area (Å²) in [4.78, 5) is 13.5. The van der Waals surface area contributed by atoms with Gasteiger partial charge in [-0.15, -0.1) is 0 Å². The van der Waals surface area contributed by atoms with E-state index in [2.05, 4.69) is 13.0 Å². The van der Waals surface area contributed by atoms with E-state index in [1.807, 2.05) is 44.2 Å². The molecule has 0 aromatic heterocycles. The van der Waals surface area contributed by atoms with E-state index in [0.29, 0.717) is 11.3 Å². The van der Waals surface area contributed by atoms with Gasteiger partial charge in [-0.1, -0.05) is 96.1 Å². The summed E-state index contributed by atoms with van der Waals surface area (Å²) in [5.74, 6) is 0.0197. The Bertz CT molecular complexity index is 838. The van der Waals surface area contributed by atoms with Crippen LogP contribution in [0.3, 0.4) is 0 Å². The molecule has 0 saturated heterocycles. The number of anilines is 2. The predicted octanol–water partition coefficient (Wildman–Crippen LogP) is 8.53. The molecule has 0 amide bonds. The van der Waals surface area contributed by atoms with Crippen LogP contribution in [-0.2, 0) is 0 Å². The van der Waals surface area contributed by atoms with Gasteiger partial charge in [-0.3, -0.25) is 4.79 Å². The highest BCUT2D eigenvalue weighted by molar-refractivity contribution is 6.01. The van der Waals surface area contributed by atoms with E-state index in [1.165, 1.54) is 70.6 Å². The number of aryl methyl sites for hydroxylation is 2. The first-order valence-corrected chi connectivity index (χ1v) is 13.2. The zero-order chi connectivity index (χ0) is 24.1. The molecule has 0 saturated carbocycles. The molecule has 182 valence electrons. The second-order valence-corrected chi connectivity index (χ2v) is 9.84. The average Bonchev–Trinajstić information content (AvgIpc) is 2.78. The Morgan fingerprint density at radius 1 is 0.758 bits per heavy atom. The minimum Gasteiger partial charge on any atom is -0.399 e. The van der Waals surface area contributed by atoms with E-state index in [9.17, 15) is 4.79 Å². The first kappa shape index (κ1) is 27.0. The highest BCUT2D eigenvalue weighted by Crippen LogP contribution is 2.30. The molecule has 0 radical (unpaired) electrons. The van der Waals surface area contributed by atoms with Gasteiger partial charge in [0.2, 0.25) is 0 Å². The Morgan fingerprint density at radius 2 is 1.33 bits per heavy atom. The highest BCUT2D eigenvalue weighted by Gasteiger charge is 2.22. The van der Waals surface area contributed by atoms with Gasteiger partial charge < -0.3 is 11.5 Å². The molecule has 1 unspecified atom stereocenters. The summed E-state index contributed by atoms with van der Waals surface area (Å²) in [6.07, 6.45) is 16.7. The summed E-state index contributed by atoms with van der Waals surface area (Å²) in [5, 5.41) is 0. The summed E-state index contributed by atoms with van der Waals surface area (Å²) in [6.45, 7) is 6.27. The lowest BCUT2D eigenvalue weighted by Crippen LogP contribution is -2.14. The van der Waals surface area contributed by atoms with Crippen LogP contribution in [0.15, 0.2) is 36.4 Å². The van der Waals surface area contributed by atoms with Crippen molar-refractivity contribution in [3.05, 3.63) is 58.7 Å². The molecule has 33 heavy (non-hydrogen) atoms. The first-order chi connectivity index (χ1) is 15.9. The summed E-state index contributed by atoms with van der Waals surface area (Å²) in [6, 6.07) is 11.7. The molecule has 0 spiro atoms. The van der Waals surface area contributed by atoms with E-state index >= 15 is 0 Å². The van der Waals surface area contributed by atoms with Crippen molar-refractivity contribution in [3.8, 4) is 0 Å². The Hall–Kier alpha value is -2.29. The zero-order valence-corrected chi connectivity index (χ0v) is 21.3. The number of hydrogen-bond acceptors (Lipinski definition) is 3. The maximum absolute atomic E-state index is 13.5. The second kappa shape index (κ2) is 14.8. The van der Waals surface area contributed by atoms with Crippen LogP contribution in [0.2, 0.25) is 0 Å². The van der Waals surface area contributed by atoms with E-state index in [1.54, 1.807) is 0 Å². The minimum atomic E-state index is -0.145. The van der Waals surface area contributed by atoms with Crippen LogP contribution >= 0.6 is 0 Å². The molecule has 0 bridgehead atoms. The van der Waals surface area contributed by atoms with E-state index in [-0.39, 0.29) is 11.7 Å². The standard InChI is InChI=1S/C30H46N2O/c1-4-5-6-7-8-9-10-11-12-13-14-15-16-28(25-17-18-29(32)24(3)21-25)30(33)26-19-23(2)20-27(31)22-26/h17-22,28H,4-16,31-32H2,1-3H3.